The van der Waals surface area contributed by atoms with Crippen LogP contribution in [0.15, 0.2) is 72.8 Å². The Bertz CT molecular complexity index is 1130. The van der Waals surface area contributed by atoms with Crippen LogP contribution in [0.3, 0.4) is 0 Å². The van der Waals surface area contributed by atoms with Crippen molar-refractivity contribution < 1.29 is 9.59 Å². The fraction of sp³-hybridized carbons (Fsp3) is 0.333. The minimum atomic E-state index is -0.426. The quantitative estimate of drug-likeness (QED) is 0.660. The molecule has 2 amide bonds. The van der Waals surface area contributed by atoms with Gasteiger partial charge in [0.15, 0.2) is 0 Å². The van der Waals surface area contributed by atoms with Gasteiger partial charge in [-0.15, -0.1) is 0 Å². The normalized spacial score (nSPS) is 19.5. The Morgan fingerprint density at radius 3 is 2.36 bits per heavy atom. The largest absolute Gasteiger partial charge is 0.368 e. The van der Waals surface area contributed by atoms with Crippen molar-refractivity contribution in [1.29, 1.82) is 0 Å². The Morgan fingerprint density at radius 1 is 0.848 bits per heavy atom. The van der Waals surface area contributed by atoms with E-state index < -0.39 is 6.04 Å². The lowest BCUT2D eigenvalue weighted by molar-refractivity contribution is -0.139. The molecule has 3 aromatic carbocycles. The summed E-state index contributed by atoms with van der Waals surface area (Å²) in [6.45, 7) is 5.03. The van der Waals surface area contributed by atoms with E-state index in [2.05, 4.69) is 57.6 Å². The second kappa shape index (κ2) is 9.63. The monoisotopic (exact) mass is 442 g/mol. The zero-order valence-electron chi connectivity index (χ0n) is 18.8. The Labute approximate surface area is 194 Å². The molecule has 0 saturated carbocycles. The number of nitrogens with zero attached hydrogens (tertiary/aromatic N) is 3. The van der Waals surface area contributed by atoms with Gasteiger partial charge in [0.1, 0.15) is 0 Å². The first kappa shape index (κ1) is 21.5. The standard InChI is InChI=1S/C27H30N4O2/c32-26(30-16-14-29(15-17-30)24-8-2-1-3-9-24)19-25-27(33)28-12-13-31(25)20-21-10-11-22-6-4-5-7-23(22)18-21/h1-11,18,25H,12-17,19-20H2,(H,28,33)/t25-/m1/s1. The Hall–Kier alpha value is -3.38. The Morgan fingerprint density at radius 2 is 1.58 bits per heavy atom. The van der Waals surface area contributed by atoms with Crippen LogP contribution in [0.4, 0.5) is 5.69 Å². The number of anilines is 1. The molecule has 33 heavy (non-hydrogen) atoms. The third-order valence-corrected chi connectivity index (χ3v) is 6.76. The van der Waals surface area contributed by atoms with Gasteiger partial charge < -0.3 is 15.1 Å². The minimum absolute atomic E-state index is 0.0432. The van der Waals surface area contributed by atoms with Gasteiger partial charge in [0, 0.05) is 51.5 Å². The first-order chi connectivity index (χ1) is 16.2. The molecule has 6 nitrogen and oxygen atoms in total. The highest BCUT2D eigenvalue weighted by Gasteiger charge is 2.33. The van der Waals surface area contributed by atoms with E-state index in [0.29, 0.717) is 26.2 Å². The fourth-order valence-electron chi connectivity index (χ4n) is 4.89. The van der Waals surface area contributed by atoms with Gasteiger partial charge in [0.2, 0.25) is 11.8 Å². The summed E-state index contributed by atoms with van der Waals surface area (Å²) in [4.78, 5) is 32.2. The van der Waals surface area contributed by atoms with E-state index in [1.165, 1.54) is 16.5 Å². The molecular formula is C27H30N4O2. The summed E-state index contributed by atoms with van der Waals surface area (Å²) >= 11 is 0. The molecule has 2 saturated heterocycles. The number of amides is 2. The van der Waals surface area contributed by atoms with E-state index >= 15 is 0 Å². The summed E-state index contributed by atoms with van der Waals surface area (Å²) in [5.74, 6) is 0.0200. The van der Waals surface area contributed by atoms with Gasteiger partial charge in [-0.1, -0.05) is 54.6 Å². The number of rotatable bonds is 5. The maximum absolute atomic E-state index is 13.1. The van der Waals surface area contributed by atoms with Gasteiger partial charge >= 0.3 is 0 Å². The molecule has 1 atom stereocenters. The lowest BCUT2D eigenvalue weighted by Gasteiger charge is -2.39. The van der Waals surface area contributed by atoms with Crippen molar-refractivity contribution in [2.45, 2.75) is 19.0 Å². The highest BCUT2D eigenvalue weighted by molar-refractivity contribution is 5.89. The van der Waals surface area contributed by atoms with Gasteiger partial charge in [0.25, 0.3) is 0 Å². The van der Waals surface area contributed by atoms with Crippen LogP contribution in [-0.4, -0.2) is 66.9 Å². The molecule has 0 unspecified atom stereocenters. The van der Waals surface area contributed by atoms with Crippen LogP contribution in [0.5, 0.6) is 0 Å². The highest BCUT2D eigenvalue weighted by Crippen LogP contribution is 2.21. The summed E-state index contributed by atoms with van der Waals surface area (Å²) in [6.07, 6.45) is 0.227. The van der Waals surface area contributed by atoms with E-state index in [-0.39, 0.29) is 18.2 Å². The number of carbonyl (C=O) groups is 2. The van der Waals surface area contributed by atoms with Gasteiger partial charge in [0.05, 0.1) is 12.5 Å². The number of piperazine rings is 2. The second-order valence-corrected chi connectivity index (χ2v) is 8.87. The molecule has 0 aliphatic carbocycles. The van der Waals surface area contributed by atoms with Crippen LogP contribution in [0.1, 0.15) is 12.0 Å². The van der Waals surface area contributed by atoms with Crippen molar-refractivity contribution in [2.24, 2.45) is 0 Å². The molecule has 1 N–H and O–H groups in total. The average Bonchev–Trinajstić information content (AvgIpc) is 2.86. The van der Waals surface area contributed by atoms with Crippen LogP contribution in [0, 0.1) is 0 Å². The molecule has 0 aromatic heterocycles. The van der Waals surface area contributed by atoms with Gasteiger partial charge in [-0.2, -0.15) is 0 Å². The van der Waals surface area contributed by atoms with Crippen LogP contribution >= 0.6 is 0 Å². The number of carbonyl (C=O) groups excluding carboxylic acids is 2. The number of benzene rings is 3. The van der Waals surface area contributed by atoms with Crippen molar-refractivity contribution in [2.75, 3.05) is 44.2 Å². The van der Waals surface area contributed by atoms with Gasteiger partial charge in [-0.25, -0.2) is 0 Å². The van der Waals surface area contributed by atoms with E-state index in [0.717, 1.165) is 25.2 Å². The third kappa shape index (κ3) is 4.86. The molecule has 2 aliphatic rings. The molecule has 170 valence electrons. The zero-order chi connectivity index (χ0) is 22.6. The average molecular weight is 443 g/mol. The smallest absolute Gasteiger partial charge is 0.237 e. The van der Waals surface area contributed by atoms with E-state index in [1.54, 1.807) is 0 Å². The summed E-state index contributed by atoms with van der Waals surface area (Å²) in [7, 11) is 0. The number of fused-ring (bicyclic) bond motifs is 1. The fourth-order valence-corrected chi connectivity index (χ4v) is 4.89. The van der Waals surface area contributed by atoms with Crippen LogP contribution in [-0.2, 0) is 16.1 Å². The molecule has 6 heteroatoms. The number of hydrogen-bond acceptors (Lipinski definition) is 4. The molecule has 0 bridgehead atoms. The third-order valence-electron chi connectivity index (χ3n) is 6.76. The second-order valence-electron chi connectivity index (χ2n) is 8.87. The van der Waals surface area contributed by atoms with Gasteiger partial charge in [-0.05, 0) is 34.5 Å². The first-order valence-electron chi connectivity index (χ1n) is 11.7. The van der Waals surface area contributed by atoms with Crippen molar-refractivity contribution in [1.82, 2.24) is 15.1 Å². The van der Waals surface area contributed by atoms with Crippen LogP contribution in [0.2, 0.25) is 0 Å². The van der Waals surface area contributed by atoms with Crippen molar-refractivity contribution >= 4 is 28.3 Å². The Balaban J connectivity index is 1.23. The van der Waals surface area contributed by atoms with Crippen molar-refractivity contribution in [3.05, 3.63) is 78.4 Å². The lowest BCUT2D eigenvalue weighted by atomic mass is 10.0. The maximum Gasteiger partial charge on any atom is 0.237 e. The number of hydrogen-bond donors (Lipinski definition) is 1. The number of para-hydroxylation sites is 1. The molecule has 2 aliphatic heterocycles. The lowest BCUT2D eigenvalue weighted by Crippen LogP contribution is -2.57. The minimum Gasteiger partial charge on any atom is -0.368 e. The Kier molecular flexibility index (Phi) is 6.26. The molecule has 2 heterocycles. The van der Waals surface area contributed by atoms with Crippen molar-refractivity contribution in [3.8, 4) is 0 Å². The molecule has 3 aromatic rings. The summed E-state index contributed by atoms with van der Waals surface area (Å²) < 4.78 is 0. The zero-order valence-corrected chi connectivity index (χ0v) is 18.8. The van der Waals surface area contributed by atoms with E-state index in [9.17, 15) is 9.59 Å². The van der Waals surface area contributed by atoms with Crippen LogP contribution < -0.4 is 10.2 Å². The first-order valence-corrected chi connectivity index (χ1v) is 11.7. The predicted molar refractivity (Wildman–Crippen MR) is 131 cm³/mol. The summed E-state index contributed by atoms with van der Waals surface area (Å²) in [6, 6.07) is 24.6. The number of nitrogens with one attached hydrogen (secondary N) is 1. The maximum atomic E-state index is 13.1. The molecule has 5 rings (SSSR count). The molecular weight excluding hydrogens is 412 g/mol. The molecule has 0 spiro atoms. The topological polar surface area (TPSA) is 55.9 Å². The van der Waals surface area contributed by atoms with E-state index in [1.807, 2.05) is 35.2 Å². The molecule has 2 fully saturated rings. The van der Waals surface area contributed by atoms with Crippen molar-refractivity contribution in [3.63, 3.8) is 0 Å². The molecule has 0 radical (unpaired) electrons. The van der Waals surface area contributed by atoms with Crippen LogP contribution in [0.25, 0.3) is 10.8 Å². The predicted octanol–water partition coefficient (Wildman–Crippen LogP) is 2.88. The van der Waals surface area contributed by atoms with E-state index in [4.69, 9.17) is 0 Å². The SMILES string of the molecule is O=C1NCCN(Cc2ccc3ccccc3c2)[C@@H]1CC(=O)N1CCN(c2ccccc2)CC1. The highest BCUT2D eigenvalue weighted by atomic mass is 16.2. The van der Waals surface area contributed by atoms with Gasteiger partial charge in [-0.3, -0.25) is 14.5 Å². The summed E-state index contributed by atoms with van der Waals surface area (Å²) in [5.41, 5.74) is 2.36. The summed E-state index contributed by atoms with van der Waals surface area (Å²) in [5, 5.41) is 5.36.